The fourth-order valence-corrected chi connectivity index (χ4v) is 9.28. The molecule has 0 heterocycles. The van der Waals surface area contributed by atoms with E-state index in [1.807, 2.05) is 50.1 Å². The van der Waals surface area contributed by atoms with Gasteiger partial charge in [0.2, 0.25) is 0 Å². The van der Waals surface area contributed by atoms with Gasteiger partial charge in [-0.3, -0.25) is 29.8 Å². The Kier molecular flexibility index (Phi) is 21.3. The zero-order chi connectivity index (χ0) is 45.9. The van der Waals surface area contributed by atoms with Gasteiger partial charge >= 0.3 is 0 Å². The molecule has 0 fully saturated rings. The number of hydrogen-bond donors (Lipinski definition) is 0. The van der Waals surface area contributed by atoms with Gasteiger partial charge in [-0.25, -0.2) is 33.7 Å². The van der Waals surface area contributed by atoms with Crippen molar-refractivity contribution in [2.75, 3.05) is 89.7 Å². The van der Waals surface area contributed by atoms with Crippen LogP contribution in [0.3, 0.4) is 0 Å². The highest BCUT2D eigenvalue weighted by atomic mass is 32.2. The summed E-state index contributed by atoms with van der Waals surface area (Å²) in [6.45, 7) is 13.0. The minimum Gasteiger partial charge on any atom is -0.378 e. The van der Waals surface area contributed by atoms with E-state index in [2.05, 4.69) is 46.8 Å². The number of rotatable bonds is 16. The van der Waals surface area contributed by atoms with Gasteiger partial charge < -0.3 is 9.80 Å². The molecule has 0 aliphatic heterocycles. The van der Waals surface area contributed by atoms with E-state index >= 15 is 0 Å². The fraction of sp³-hybridized carbons (Fsp3) is 0.300. The van der Waals surface area contributed by atoms with Crippen molar-refractivity contribution >= 4 is 89.0 Å². The van der Waals surface area contributed by atoms with E-state index < -0.39 is 39.3 Å². The van der Waals surface area contributed by atoms with Crippen LogP contribution in [0.1, 0.15) is 0 Å². The number of sulfone groups is 4. The van der Waals surface area contributed by atoms with Crippen LogP contribution in [0.4, 0.5) is 22.7 Å². The summed E-state index contributed by atoms with van der Waals surface area (Å²) in [5.41, 5.74) is 3.25. The molecule has 0 saturated carbocycles. The molecule has 0 atom stereocenters. The number of nitrogens with zero attached hydrogens (tertiary/aromatic N) is 8. The largest absolute Gasteiger partial charge is 0.378 e. The van der Waals surface area contributed by atoms with Crippen LogP contribution >= 0.6 is 0 Å². The van der Waals surface area contributed by atoms with Crippen LogP contribution in [0, 0.1) is 0 Å². The van der Waals surface area contributed by atoms with Crippen molar-refractivity contribution in [3.63, 3.8) is 0 Å². The smallest absolute Gasteiger partial charge is 0.198 e. The summed E-state index contributed by atoms with van der Waals surface area (Å²) in [5, 5.41) is 0. The molecule has 0 radical (unpaired) electrons. The van der Waals surface area contributed by atoms with Gasteiger partial charge in [0.05, 0.1) is 31.0 Å². The molecule has 0 bridgehead atoms. The highest BCUT2D eigenvalue weighted by Crippen LogP contribution is 2.20. The van der Waals surface area contributed by atoms with E-state index in [9.17, 15) is 33.7 Å². The van der Waals surface area contributed by atoms with Gasteiger partial charge in [0.15, 0.2) is 39.3 Å². The maximum Gasteiger partial charge on any atom is 0.198 e. The average molecular weight is 905 g/mol. The maximum atomic E-state index is 11.9. The Hall–Kier alpha value is -5.12. The predicted molar refractivity (Wildman–Crippen MR) is 248 cm³/mol. The minimum absolute atomic E-state index is 0.00780. The first-order chi connectivity index (χ1) is 27.8. The molecule has 4 aromatic rings. The fourth-order valence-electron chi connectivity index (χ4n) is 4.64. The molecule has 0 saturated heterocycles. The SMILES string of the molecule is C=NCS(=O)(=O)c1ccc(N(C)C)cc1.C=NCS(=O)(=O)c1ccc(N=C)cc1.C=Nc1ccc(S(=O)(=O)CN(C)C)cc1.CN(C)CS(=O)(=O)c1ccc(N(C)C)cc1. The van der Waals surface area contributed by atoms with Crippen LogP contribution in [0.15, 0.2) is 137 Å². The molecule has 0 aliphatic carbocycles. The molecule has 0 aromatic heterocycles. The summed E-state index contributed by atoms with van der Waals surface area (Å²) in [6, 6.07) is 26.1. The Balaban J connectivity index is 0.000000400. The summed E-state index contributed by atoms with van der Waals surface area (Å²) in [6.07, 6.45) is 0. The molecule has 0 amide bonds. The first kappa shape index (κ1) is 52.9. The zero-order valence-electron chi connectivity index (χ0n) is 35.4. The van der Waals surface area contributed by atoms with E-state index in [-0.39, 0.29) is 33.3 Å². The lowest BCUT2D eigenvalue weighted by atomic mass is 10.3. The molecule has 60 heavy (non-hydrogen) atoms. The van der Waals surface area contributed by atoms with Crippen molar-refractivity contribution in [3.05, 3.63) is 97.1 Å². The van der Waals surface area contributed by atoms with Crippen molar-refractivity contribution in [2.24, 2.45) is 20.0 Å². The van der Waals surface area contributed by atoms with Gasteiger partial charge in [0.25, 0.3) is 0 Å². The second kappa shape index (κ2) is 24.2. The van der Waals surface area contributed by atoms with Gasteiger partial charge in [-0.1, -0.05) is 0 Å². The van der Waals surface area contributed by atoms with Gasteiger partial charge in [-0.15, -0.1) is 0 Å². The molecule has 4 aromatic carbocycles. The molecule has 0 N–H and O–H groups in total. The third-order valence-corrected chi connectivity index (χ3v) is 14.3. The normalized spacial score (nSPS) is 11.4. The lowest BCUT2D eigenvalue weighted by Gasteiger charge is -2.14. The number of anilines is 2. The number of benzene rings is 4. The van der Waals surface area contributed by atoms with Crippen LogP contribution in [0.2, 0.25) is 0 Å². The number of aliphatic imine (C=N–C) groups is 4. The second-order valence-electron chi connectivity index (χ2n) is 13.7. The summed E-state index contributed by atoms with van der Waals surface area (Å²) < 4.78 is 93.3. The molecule has 0 spiro atoms. The van der Waals surface area contributed by atoms with Crippen molar-refractivity contribution in [1.82, 2.24) is 9.80 Å². The average Bonchev–Trinajstić information content (AvgIpc) is 3.18. The van der Waals surface area contributed by atoms with Gasteiger partial charge in [-0.05, 0) is 152 Å². The van der Waals surface area contributed by atoms with Crippen molar-refractivity contribution < 1.29 is 33.7 Å². The first-order valence-electron chi connectivity index (χ1n) is 17.6. The molecular weight excluding hydrogens is 849 g/mol. The zero-order valence-corrected chi connectivity index (χ0v) is 38.6. The summed E-state index contributed by atoms with van der Waals surface area (Å²) in [7, 11) is 1.52. The lowest BCUT2D eigenvalue weighted by Crippen LogP contribution is -2.22. The Labute approximate surface area is 357 Å². The van der Waals surface area contributed by atoms with E-state index in [0.29, 0.717) is 21.2 Å². The Morgan fingerprint density at radius 2 is 0.617 bits per heavy atom. The van der Waals surface area contributed by atoms with Crippen molar-refractivity contribution in [1.29, 1.82) is 0 Å². The summed E-state index contributed by atoms with van der Waals surface area (Å²) >= 11 is 0. The summed E-state index contributed by atoms with van der Waals surface area (Å²) in [4.78, 5) is 22.4. The lowest BCUT2D eigenvalue weighted by molar-refractivity contribution is 0.461. The quantitative estimate of drug-likeness (QED) is 0.137. The first-order valence-corrected chi connectivity index (χ1v) is 24.2. The molecule has 328 valence electrons. The molecule has 16 nitrogen and oxygen atoms in total. The second-order valence-corrected chi connectivity index (χ2v) is 21.5. The van der Waals surface area contributed by atoms with E-state index in [4.69, 9.17) is 0 Å². The van der Waals surface area contributed by atoms with Crippen LogP contribution in [-0.2, 0) is 39.3 Å². The molecule has 0 aliphatic rings. The van der Waals surface area contributed by atoms with E-state index in [0.717, 1.165) is 11.4 Å². The monoisotopic (exact) mass is 904 g/mol. The van der Waals surface area contributed by atoms with E-state index in [1.165, 1.54) is 12.1 Å². The highest BCUT2D eigenvalue weighted by Gasteiger charge is 2.17. The third-order valence-electron chi connectivity index (χ3n) is 7.56. The molecular formula is C40H56N8O8S4. The van der Waals surface area contributed by atoms with E-state index in [1.54, 1.807) is 111 Å². The van der Waals surface area contributed by atoms with Gasteiger partial charge in [-0.2, -0.15) is 0 Å². The highest BCUT2D eigenvalue weighted by molar-refractivity contribution is 7.92. The van der Waals surface area contributed by atoms with Crippen LogP contribution in [0.5, 0.6) is 0 Å². The molecule has 20 heteroatoms. The predicted octanol–water partition coefficient (Wildman–Crippen LogP) is 4.99. The van der Waals surface area contributed by atoms with Crippen molar-refractivity contribution in [3.8, 4) is 0 Å². The van der Waals surface area contributed by atoms with Crippen LogP contribution in [0.25, 0.3) is 0 Å². The third kappa shape index (κ3) is 18.0. The van der Waals surface area contributed by atoms with Crippen LogP contribution < -0.4 is 9.80 Å². The minimum atomic E-state index is -3.33. The topological polar surface area (TPSA) is 199 Å². The van der Waals surface area contributed by atoms with Crippen LogP contribution in [-0.4, -0.2) is 150 Å². The molecule has 0 unspecified atom stereocenters. The maximum absolute atomic E-state index is 11.9. The van der Waals surface area contributed by atoms with Gasteiger partial charge in [0, 0.05) is 39.6 Å². The Morgan fingerprint density at radius 1 is 0.383 bits per heavy atom. The standard InChI is InChI=1S/C11H18N2O2S.2C10H14N2O2S.C9H10N2O2S/c1-12(2)9-16(14,15)11-7-5-10(6-8-11)13(3)4;1-11-9-4-6-10(7-5-9)15(13,14)8-12(2)3;1-11-8-15(13,14)10-6-4-9(5-7-10)12(2)3;1-10-7-14(12,13)9-5-3-8(11-2)4-6-9/h5-8H,9H2,1-4H3;2*4-7H,1,8H2,2-3H3;3-6H,1-2,7H2. The number of hydrogen-bond acceptors (Lipinski definition) is 16. The Bertz CT molecular complexity index is 2440. The molecule has 4 rings (SSSR count). The van der Waals surface area contributed by atoms with Gasteiger partial charge in [0.1, 0.15) is 23.5 Å². The summed E-state index contributed by atoms with van der Waals surface area (Å²) in [5.74, 6) is -0.523. The Morgan fingerprint density at radius 3 is 0.817 bits per heavy atom. The van der Waals surface area contributed by atoms with Crippen molar-refractivity contribution in [2.45, 2.75) is 19.6 Å².